The number of fused-ring (bicyclic) bond motifs is 1. The Kier molecular flexibility index (Phi) is 5.82. The second-order valence-corrected chi connectivity index (χ2v) is 4.81. The summed E-state index contributed by atoms with van der Waals surface area (Å²) >= 11 is 0. The molecule has 5 nitrogen and oxygen atoms in total. The van der Waals surface area contributed by atoms with Crippen molar-refractivity contribution in [2.24, 2.45) is 0 Å². The maximum absolute atomic E-state index is 5.52. The highest BCUT2D eigenvalue weighted by Gasteiger charge is 2.18. The van der Waals surface area contributed by atoms with Crippen molar-refractivity contribution >= 4 is 0 Å². The molecular formula is C14H25N3O2. The minimum Gasteiger partial charge on any atom is -0.382 e. The van der Waals surface area contributed by atoms with Crippen molar-refractivity contribution in [1.82, 2.24) is 14.9 Å². The van der Waals surface area contributed by atoms with Crippen LogP contribution in [0.15, 0.2) is 0 Å². The third kappa shape index (κ3) is 3.78. The Morgan fingerprint density at radius 2 is 2.21 bits per heavy atom. The number of imidazole rings is 1. The summed E-state index contributed by atoms with van der Waals surface area (Å²) in [5, 5.41) is 3.38. The van der Waals surface area contributed by atoms with E-state index in [1.54, 1.807) is 7.11 Å². The van der Waals surface area contributed by atoms with Gasteiger partial charge in [-0.05, 0) is 6.42 Å². The van der Waals surface area contributed by atoms with E-state index in [1.807, 2.05) is 0 Å². The highest BCUT2D eigenvalue weighted by atomic mass is 16.5. The molecule has 0 bridgehead atoms. The smallest absolute Gasteiger partial charge is 0.108 e. The quantitative estimate of drug-likeness (QED) is 0.718. The fraction of sp³-hybridized carbons (Fsp3) is 0.786. The van der Waals surface area contributed by atoms with E-state index in [1.165, 1.54) is 17.2 Å². The van der Waals surface area contributed by atoms with Gasteiger partial charge >= 0.3 is 0 Å². The van der Waals surface area contributed by atoms with Crippen molar-refractivity contribution < 1.29 is 9.47 Å². The fourth-order valence-corrected chi connectivity index (χ4v) is 2.53. The zero-order chi connectivity index (χ0) is 13.5. The van der Waals surface area contributed by atoms with Gasteiger partial charge in [-0.3, -0.25) is 0 Å². The Morgan fingerprint density at radius 3 is 3.00 bits per heavy atom. The molecule has 0 saturated carbocycles. The van der Waals surface area contributed by atoms with E-state index in [9.17, 15) is 0 Å². The van der Waals surface area contributed by atoms with E-state index in [2.05, 4.69) is 16.8 Å². The number of aryl methyl sites for hydroxylation is 1. The molecule has 0 fully saturated rings. The Morgan fingerprint density at radius 1 is 1.32 bits per heavy atom. The van der Waals surface area contributed by atoms with Crippen LogP contribution in [0.25, 0.3) is 0 Å². The maximum atomic E-state index is 5.52. The van der Waals surface area contributed by atoms with Gasteiger partial charge in [0.25, 0.3) is 0 Å². The minimum atomic E-state index is 0.673. The number of nitrogens with zero attached hydrogens (tertiary/aromatic N) is 2. The number of aromatic nitrogens is 2. The van der Waals surface area contributed by atoms with Crippen molar-refractivity contribution in [3.05, 3.63) is 17.2 Å². The van der Waals surface area contributed by atoms with Crippen LogP contribution in [-0.2, 0) is 35.4 Å². The summed E-state index contributed by atoms with van der Waals surface area (Å²) in [4.78, 5) is 4.74. The molecule has 0 saturated heterocycles. The molecule has 0 aliphatic carbocycles. The maximum Gasteiger partial charge on any atom is 0.108 e. The molecule has 1 aromatic rings. The van der Waals surface area contributed by atoms with Gasteiger partial charge in [0.15, 0.2) is 0 Å². The second kappa shape index (κ2) is 7.62. The fourth-order valence-electron chi connectivity index (χ4n) is 2.53. The largest absolute Gasteiger partial charge is 0.382 e. The molecule has 0 unspecified atom stereocenters. The summed E-state index contributed by atoms with van der Waals surface area (Å²) < 4.78 is 12.9. The van der Waals surface area contributed by atoms with Crippen molar-refractivity contribution in [2.75, 3.05) is 33.5 Å². The average Bonchev–Trinajstić information content (AvgIpc) is 2.81. The Labute approximate surface area is 115 Å². The molecule has 2 heterocycles. The van der Waals surface area contributed by atoms with E-state index < -0.39 is 0 Å². The Bertz CT molecular complexity index is 390. The molecular weight excluding hydrogens is 242 g/mol. The first-order valence-corrected chi connectivity index (χ1v) is 7.21. The Balaban J connectivity index is 1.86. The van der Waals surface area contributed by atoms with Crippen molar-refractivity contribution in [3.63, 3.8) is 0 Å². The van der Waals surface area contributed by atoms with Gasteiger partial charge in [0.05, 0.1) is 18.9 Å². The third-order valence-electron chi connectivity index (χ3n) is 3.48. The van der Waals surface area contributed by atoms with E-state index in [0.29, 0.717) is 13.2 Å². The molecule has 1 aliphatic rings. The number of hydrogen-bond donors (Lipinski definition) is 1. The summed E-state index contributed by atoms with van der Waals surface area (Å²) in [5.41, 5.74) is 2.66. The van der Waals surface area contributed by atoms with E-state index >= 15 is 0 Å². The lowest BCUT2D eigenvalue weighted by atomic mass is 10.2. The molecule has 0 spiro atoms. The van der Waals surface area contributed by atoms with Gasteiger partial charge in [-0.2, -0.15) is 0 Å². The second-order valence-electron chi connectivity index (χ2n) is 4.81. The van der Waals surface area contributed by atoms with Crippen LogP contribution in [-0.4, -0.2) is 43.0 Å². The van der Waals surface area contributed by atoms with E-state index in [0.717, 1.165) is 45.5 Å². The zero-order valence-electron chi connectivity index (χ0n) is 12.1. The van der Waals surface area contributed by atoms with Crippen LogP contribution in [0.2, 0.25) is 0 Å². The SMILES string of the molecule is CCc1nc2c(n1CCCOCCOC)CCNC2. The zero-order valence-corrected chi connectivity index (χ0v) is 12.1. The number of rotatable bonds is 8. The summed E-state index contributed by atoms with van der Waals surface area (Å²) in [5.74, 6) is 1.21. The van der Waals surface area contributed by atoms with Crippen LogP contribution >= 0.6 is 0 Å². The van der Waals surface area contributed by atoms with Crippen LogP contribution < -0.4 is 5.32 Å². The number of ether oxygens (including phenoxy) is 2. The van der Waals surface area contributed by atoms with Gasteiger partial charge < -0.3 is 19.4 Å². The highest BCUT2D eigenvalue weighted by molar-refractivity contribution is 5.20. The van der Waals surface area contributed by atoms with Crippen LogP contribution in [0.5, 0.6) is 0 Å². The van der Waals surface area contributed by atoms with Gasteiger partial charge in [-0.1, -0.05) is 6.92 Å². The molecule has 1 N–H and O–H groups in total. The van der Waals surface area contributed by atoms with Crippen molar-refractivity contribution in [1.29, 1.82) is 0 Å². The van der Waals surface area contributed by atoms with E-state index in [-0.39, 0.29) is 0 Å². The molecule has 1 aromatic heterocycles. The summed E-state index contributed by atoms with van der Waals surface area (Å²) in [6, 6.07) is 0. The van der Waals surface area contributed by atoms with Crippen LogP contribution in [0, 0.1) is 0 Å². The number of methoxy groups -OCH3 is 1. The third-order valence-corrected chi connectivity index (χ3v) is 3.48. The van der Waals surface area contributed by atoms with Crippen molar-refractivity contribution in [2.45, 2.75) is 39.3 Å². The standard InChI is InChI=1S/C14H25N3O2/c1-3-14-16-12-11-15-6-5-13(12)17(14)7-4-8-19-10-9-18-2/h15H,3-11H2,1-2H3. The molecule has 108 valence electrons. The summed E-state index contributed by atoms with van der Waals surface area (Å²) in [6.45, 7) is 7.31. The normalized spacial score (nSPS) is 14.6. The lowest BCUT2D eigenvalue weighted by Crippen LogP contribution is -2.25. The van der Waals surface area contributed by atoms with Gasteiger partial charge in [0, 0.05) is 51.9 Å². The molecule has 19 heavy (non-hydrogen) atoms. The number of hydrogen-bond acceptors (Lipinski definition) is 4. The van der Waals surface area contributed by atoms with Crippen molar-refractivity contribution in [3.8, 4) is 0 Å². The van der Waals surface area contributed by atoms with Gasteiger partial charge in [0.1, 0.15) is 5.82 Å². The molecule has 0 amide bonds. The van der Waals surface area contributed by atoms with Crippen LogP contribution in [0.3, 0.4) is 0 Å². The first-order valence-electron chi connectivity index (χ1n) is 7.21. The molecule has 1 aliphatic heterocycles. The molecule has 5 heteroatoms. The number of nitrogens with one attached hydrogen (secondary N) is 1. The van der Waals surface area contributed by atoms with Crippen LogP contribution in [0.1, 0.15) is 30.6 Å². The van der Waals surface area contributed by atoms with E-state index in [4.69, 9.17) is 14.5 Å². The predicted molar refractivity (Wildman–Crippen MR) is 74.3 cm³/mol. The monoisotopic (exact) mass is 267 g/mol. The average molecular weight is 267 g/mol. The van der Waals surface area contributed by atoms with Gasteiger partial charge in [-0.15, -0.1) is 0 Å². The molecule has 0 aromatic carbocycles. The lowest BCUT2D eigenvalue weighted by molar-refractivity contribution is 0.0679. The molecule has 2 rings (SSSR count). The first-order chi connectivity index (χ1) is 9.36. The van der Waals surface area contributed by atoms with Gasteiger partial charge in [-0.25, -0.2) is 4.98 Å². The first kappa shape index (κ1) is 14.5. The molecule has 0 radical (unpaired) electrons. The highest BCUT2D eigenvalue weighted by Crippen LogP contribution is 2.17. The minimum absolute atomic E-state index is 0.673. The molecule has 0 atom stereocenters. The topological polar surface area (TPSA) is 48.3 Å². The lowest BCUT2D eigenvalue weighted by Gasteiger charge is -2.16. The van der Waals surface area contributed by atoms with Gasteiger partial charge in [0.2, 0.25) is 0 Å². The van der Waals surface area contributed by atoms with Crippen LogP contribution in [0.4, 0.5) is 0 Å². The Hall–Kier alpha value is -0.910. The summed E-state index contributed by atoms with van der Waals surface area (Å²) in [6.07, 6.45) is 3.12. The predicted octanol–water partition coefficient (Wildman–Crippen LogP) is 1.14. The summed E-state index contributed by atoms with van der Waals surface area (Å²) in [7, 11) is 1.70.